The van der Waals surface area contributed by atoms with Crippen LogP contribution in [0.1, 0.15) is 48.3 Å². The Hall–Kier alpha value is -2.70. The molecule has 1 fully saturated rings. The molecule has 1 aromatic heterocycles. The minimum Gasteiger partial charge on any atom is -0.336 e. The summed E-state index contributed by atoms with van der Waals surface area (Å²) in [5.74, 6) is 1.17. The highest BCUT2D eigenvalue weighted by Gasteiger charge is 2.34. The molecule has 0 spiro atoms. The van der Waals surface area contributed by atoms with E-state index in [9.17, 15) is 9.59 Å². The summed E-state index contributed by atoms with van der Waals surface area (Å²) in [5, 5.41) is 7.12. The van der Waals surface area contributed by atoms with Crippen molar-refractivity contribution in [2.24, 2.45) is 5.92 Å². The zero-order valence-corrected chi connectivity index (χ0v) is 15.5. The Morgan fingerprint density at radius 1 is 1.19 bits per heavy atom. The largest absolute Gasteiger partial charge is 0.336 e. The van der Waals surface area contributed by atoms with Gasteiger partial charge >= 0.3 is 0 Å². The van der Waals surface area contributed by atoms with Gasteiger partial charge in [0.15, 0.2) is 5.82 Å². The number of hydrogen-bond donors (Lipinski definition) is 1. The number of amides is 2. The third-order valence-electron chi connectivity index (χ3n) is 4.59. The maximum atomic E-state index is 12.9. The van der Waals surface area contributed by atoms with Crippen LogP contribution in [0, 0.1) is 12.8 Å². The molecule has 1 atom stereocenters. The highest BCUT2D eigenvalue weighted by atomic mass is 16.2. The van der Waals surface area contributed by atoms with Crippen LogP contribution in [0.15, 0.2) is 30.3 Å². The van der Waals surface area contributed by atoms with Gasteiger partial charge in [0.1, 0.15) is 11.9 Å². The summed E-state index contributed by atoms with van der Waals surface area (Å²) in [4.78, 5) is 33.7. The first kappa shape index (κ1) is 18.1. The highest BCUT2D eigenvalue weighted by molar-refractivity contribution is 5.94. The fraction of sp³-hybridized carbons (Fsp3) is 0.474. The predicted octanol–water partition coefficient (Wildman–Crippen LogP) is 2.18. The molecular weight excluding hydrogens is 330 g/mol. The van der Waals surface area contributed by atoms with E-state index < -0.39 is 0 Å². The Kier molecular flexibility index (Phi) is 5.35. The molecule has 1 aromatic carbocycles. The van der Waals surface area contributed by atoms with Crippen molar-refractivity contribution in [2.75, 3.05) is 19.6 Å². The second kappa shape index (κ2) is 7.68. The van der Waals surface area contributed by atoms with Crippen LogP contribution >= 0.6 is 0 Å². The summed E-state index contributed by atoms with van der Waals surface area (Å²) >= 11 is 0. The van der Waals surface area contributed by atoms with E-state index in [4.69, 9.17) is 0 Å². The Morgan fingerprint density at radius 2 is 1.92 bits per heavy atom. The van der Waals surface area contributed by atoms with Crippen LogP contribution in [-0.2, 0) is 4.79 Å². The summed E-state index contributed by atoms with van der Waals surface area (Å²) in [5.41, 5.74) is 0.654. The molecule has 1 N–H and O–H groups in total. The summed E-state index contributed by atoms with van der Waals surface area (Å²) < 4.78 is 0. The molecule has 1 saturated heterocycles. The van der Waals surface area contributed by atoms with Crippen LogP contribution in [0.25, 0.3) is 0 Å². The molecule has 7 heteroatoms. The minimum absolute atomic E-state index is 0.0262. The van der Waals surface area contributed by atoms with Crippen molar-refractivity contribution in [3.63, 3.8) is 0 Å². The van der Waals surface area contributed by atoms with Gasteiger partial charge in [0.2, 0.25) is 5.91 Å². The summed E-state index contributed by atoms with van der Waals surface area (Å²) in [6, 6.07) is 8.89. The highest BCUT2D eigenvalue weighted by Crippen LogP contribution is 2.25. The number of carbonyl (C=O) groups excluding carboxylic acids is 2. The fourth-order valence-corrected chi connectivity index (χ4v) is 3.26. The molecule has 0 aliphatic carbocycles. The lowest BCUT2D eigenvalue weighted by Crippen LogP contribution is -2.42. The molecule has 1 aliphatic heterocycles. The van der Waals surface area contributed by atoms with Crippen LogP contribution in [0.4, 0.5) is 0 Å². The van der Waals surface area contributed by atoms with E-state index in [1.807, 2.05) is 56.0 Å². The first-order chi connectivity index (χ1) is 12.5. The number of aromatic amines is 1. The van der Waals surface area contributed by atoms with Gasteiger partial charge < -0.3 is 9.80 Å². The molecule has 3 rings (SSSR count). The molecule has 0 saturated carbocycles. The lowest BCUT2D eigenvalue weighted by molar-refractivity contribution is -0.137. The number of carbonyl (C=O) groups is 2. The van der Waals surface area contributed by atoms with Gasteiger partial charge in [0.25, 0.3) is 5.91 Å². The van der Waals surface area contributed by atoms with Crippen LogP contribution in [0.3, 0.4) is 0 Å². The second-order valence-electron chi connectivity index (χ2n) is 6.95. The Labute approximate surface area is 153 Å². The minimum atomic E-state index is -0.343. The quantitative estimate of drug-likeness (QED) is 0.915. The van der Waals surface area contributed by atoms with Crippen LogP contribution in [-0.4, -0.2) is 56.4 Å². The van der Waals surface area contributed by atoms with Gasteiger partial charge in [-0.1, -0.05) is 32.0 Å². The molecule has 2 heterocycles. The first-order valence-corrected chi connectivity index (χ1v) is 9.01. The maximum absolute atomic E-state index is 12.9. The van der Waals surface area contributed by atoms with Crippen molar-refractivity contribution in [2.45, 2.75) is 33.2 Å². The maximum Gasteiger partial charge on any atom is 0.253 e. The molecule has 1 unspecified atom stereocenters. The zero-order valence-electron chi connectivity index (χ0n) is 15.5. The molecule has 138 valence electrons. The average molecular weight is 355 g/mol. The van der Waals surface area contributed by atoms with Crippen LogP contribution < -0.4 is 0 Å². The number of hydrogen-bond acceptors (Lipinski definition) is 4. The molecule has 0 radical (unpaired) electrons. The van der Waals surface area contributed by atoms with Gasteiger partial charge in [-0.05, 0) is 25.5 Å². The number of benzene rings is 1. The summed E-state index contributed by atoms with van der Waals surface area (Å²) in [6.45, 7) is 7.20. The van der Waals surface area contributed by atoms with Crippen molar-refractivity contribution in [1.82, 2.24) is 25.0 Å². The Morgan fingerprint density at radius 3 is 2.54 bits per heavy atom. The Bertz CT molecular complexity index is 771. The van der Waals surface area contributed by atoms with Gasteiger partial charge in [0.05, 0.1) is 0 Å². The molecular formula is C19H25N5O2. The number of nitrogens with one attached hydrogen (secondary N) is 1. The van der Waals surface area contributed by atoms with E-state index in [1.165, 1.54) is 0 Å². The third-order valence-corrected chi connectivity index (χ3v) is 4.59. The molecule has 2 amide bonds. The van der Waals surface area contributed by atoms with Crippen molar-refractivity contribution in [3.05, 3.63) is 47.5 Å². The predicted molar refractivity (Wildman–Crippen MR) is 97.4 cm³/mol. The van der Waals surface area contributed by atoms with Gasteiger partial charge in [-0.15, -0.1) is 0 Å². The van der Waals surface area contributed by atoms with Crippen molar-refractivity contribution >= 4 is 11.8 Å². The van der Waals surface area contributed by atoms with Gasteiger partial charge in [-0.25, -0.2) is 4.98 Å². The molecule has 7 nitrogen and oxygen atoms in total. The molecule has 26 heavy (non-hydrogen) atoms. The normalized spacial score (nSPS) is 18.1. The lowest BCUT2D eigenvalue weighted by atomic mass is 10.1. The molecule has 2 aromatic rings. The average Bonchev–Trinajstić information content (AvgIpc) is 2.95. The van der Waals surface area contributed by atoms with E-state index >= 15 is 0 Å². The van der Waals surface area contributed by atoms with E-state index in [0.29, 0.717) is 36.8 Å². The zero-order chi connectivity index (χ0) is 18.7. The molecule has 1 aliphatic rings. The summed E-state index contributed by atoms with van der Waals surface area (Å²) in [6.07, 6.45) is 0.733. The standard InChI is InChI=1S/C19H25N5O2/c1-13(2)18(25)24-11-7-10-23(19(26)15-8-5-4-6-9-15)12-16(24)17-20-14(3)21-22-17/h4-6,8-9,13,16H,7,10-12H2,1-3H3,(H,20,21,22). The van der Waals surface area contributed by atoms with Gasteiger partial charge in [-0.2, -0.15) is 5.10 Å². The number of nitrogens with zero attached hydrogens (tertiary/aromatic N) is 4. The lowest BCUT2D eigenvalue weighted by Gasteiger charge is -2.31. The van der Waals surface area contributed by atoms with Crippen LogP contribution in [0.5, 0.6) is 0 Å². The summed E-state index contributed by atoms with van der Waals surface area (Å²) in [7, 11) is 0. The number of H-pyrrole nitrogens is 1. The molecule has 0 bridgehead atoms. The number of aryl methyl sites for hydroxylation is 1. The van der Waals surface area contributed by atoms with Gasteiger partial charge in [0, 0.05) is 31.1 Å². The second-order valence-corrected chi connectivity index (χ2v) is 6.95. The monoisotopic (exact) mass is 355 g/mol. The fourth-order valence-electron chi connectivity index (χ4n) is 3.26. The smallest absolute Gasteiger partial charge is 0.253 e. The topological polar surface area (TPSA) is 82.2 Å². The van der Waals surface area contributed by atoms with Crippen molar-refractivity contribution < 1.29 is 9.59 Å². The van der Waals surface area contributed by atoms with E-state index in [1.54, 1.807) is 4.90 Å². The SMILES string of the molecule is Cc1nc(C2CN(C(=O)c3ccccc3)CCCN2C(=O)C(C)C)n[nH]1. The third kappa shape index (κ3) is 3.76. The van der Waals surface area contributed by atoms with Crippen LogP contribution in [0.2, 0.25) is 0 Å². The number of rotatable bonds is 3. The van der Waals surface area contributed by atoms with Crippen molar-refractivity contribution in [3.8, 4) is 0 Å². The van der Waals surface area contributed by atoms with E-state index in [2.05, 4.69) is 15.2 Å². The van der Waals surface area contributed by atoms with E-state index in [0.717, 1.165) is 6.42 Å². The first-order valence-electron chi connectivity index (χ1n) is 9.01. The van der Waals surface area contributed by atoms with Gasteiger partial charge in [-0.3, -0.25) is 14.7 Å². The van der Waals surface area contributed by atoms with Crippen molar-refractivity contribution in [1.29, 1.82) is 0 Å². The Balaban J connectivity index is 1.90. The van der Waals surface area contributed by atoms with E-state index in [-0.39, 0.29) is 23.8 Å². The number of aromatic nitrogens is 3.